The van der Waals surface area contributed by atoms with Crippen LogP contribution in [0, 0.1) is 28.6 Å². The Labute approximate surface area is 140 Å². The summed E-state index contributed by atoms with van der Waals surface area (Å²) in [5.74, 6) is 2.44. The van der Waals surface area contributed by atoms with Gasteiger partial charge in [0.25, 0.3) is 0 Å². The minimum atomic E-state index is -0.254. The summed E-state index contributed by atoms with van der Waals surface area (Å²) in [7, 11) is 0. The van der Waals surface area contributed by atoms with Gasteiger partial charge < -0.3 is 5.11 Å². The maximum Gasteiger partial charge on any atom is 0.0714 e. The number of aliphatic hydroxyl groups is 1. The molecule has 5 aliphatic rings. The monoisotopic (exact) mass is 310 g/mol. The van der Waals surface area contributed by atoms with Gasteiger partial charge in [-0.3, -0.25) is 0 Å². The predicted octanol–water partition coefficient (Wildman–Crippen LogP) is 5.20. The van der Waals surface area contributed by atoms with Gasteiger partial charge in [0.15, 0.2) is 0 Å². The van der Waals surface area contributed by atoms with Crippen molar-refractivity contribution in [1.82, 2.24) is 0 Å². The minimum absolute atomic E-state index is 0.254. The van der Waals surface area contributed by atoms with Gasteiger partial charge in [-0.15, -0.1) is 13.2 Å². The van der Waals surface area contributed by atoms with E-state index in [2.05, 4.69) is 44.9 Å². The summed E-state index contributed by atoms with van der Waals surface area (Å²) in [6, 6.07) is 0. The zero-order valence-electron chi connectivity index (χ0n) is 14.5. The van der Waals surface area contributed by atoms with E-state index < -0.39 is 0 Å². The average molecular weight is 310 g/mol. The fraction of sp³-hybridized carbons (Fsp3) is 0.636. The van der Waals surface area contributed by atoms with Gasteiger partial charge in [-0.05, 0) is 68.3 Å². The normalized spacial score (nSPS) is 52.2. The molecule has 0 aromatic carbocycles. The van der Waals surface area contributed by atoms with E-state index in [0.29, 0.717) is 5.41 Å². The molecular weight excluding hydrogens is 280 g/mol. The lowest BCUT2D eigenvalue weighted by molar-refractivity contribution is -0.00565. The Morgan fingerprint density at radius 3 is 2.61 bits per heavy atom. The van der Waals surface area contributed by atoms with Crippen LogP contribution in [0.15, 0.2) is 49.1 Å². The molecule has 23 heavy (non-hydrogen) atoms. The molecule has 1 nitrogen and oxygen atoms in total. The molecule has 4 fully saturated rings. The van der Waals surface area contributed by atoms with Gasteiger partial charge in [0.1, 0.15) is 0 Å². The molecule has 0 aliphatic heterocycles. The van der Waals surface area contributed by atoms with Gasteiger partial charge >= 0.3 is 0 Å². The van der Waals surface area contributed by atoms with Gasteiger partial charge in [-0.2, -0.15) is 0 Å². The molecule has 124 valence electrons. The molecular formula is C22H30O. The molecule has 0 amide bonds. The van der Waals surface area contributed by atoms with Crippen LogP contribution in [-0.4, -0.2) is 10.7 Å². The third-order valence-electron chi connectivity index (χ3n) is 8.14. The van der Waals surface area contributed by atoms with Crippen molar-refractivity contribution in [2.24, 2.45) is 28.6 Å². The van der Waals surface area contributed by atoms with E-state index in [1.807, 2.05) is 0 Å². The molecule has 0 aromatic heterocycles. The lowest BCUT2D eigenvalue weighted by atomic mass is 9.50. The molecule has 1 heteroatoms. The highest BCUT2D eigenvalue weighted by Crippen LogP contribution is 2.78. The molecule has 1 spiro atoms. The van der Waals surface area contributed by atoms with E-state index >= 15 is 0 Å². The third kappa shape index (κ3) is 1.78. The number of hydrogen-bond donors (Lipinski definition) is 1. The summed E-state index contributed by atoms with van der Waals surface area (Å²) in [6.07, 6.45) is 15.7. The Morgan fingerprint density at radius 1 is 1.13 bits per heavy atom. The van der Waals surface area contributed by atoms with E-state index in [1.54, 1.807) is 5.57 Å². The molecule has 0 saturated heterocycles. The largest absolute Gasteiger partial charge is 0.389 e. The van der Waals surface area contributed by atoms with Gasteiger partial charge in [0, 0.05) is 10.8 Å². The van der Waals surface area contributed by atoms with E-state index in [9.17, 15) is 5.11 Å². The smallest absolute Gasteiger partial charge is 0.0714 e. The first-order chi connectivity index (χ1) is 11.0. The predicted molar refractivity (Wildman–Crippen MR) is 95.9 cm³/mol. The van der Waals surface area contributed by atoms with Crippen molar-refractivity contribution in [2.45, 2.75) is 57.5 Å². The lowest BCUT2D eigenvalue weighted by Crippen LogP contribution is -2.46. The summed E-state index contributed by atoms with van der Waals surface area (Å²) in [5.41, 5.74) is 3.15. The number of allylic oxidation sites excluding steroid dienone is 5. The lowest BCUT2D eigenvalue weighted by Gasteiger charge is -2.54. The fourth-order valence-corrected chi connectivity index (χ4v) is 6.99. The maximum atomic E-state index is 10.7. The SMILES string of the molecule is C=C.C=C1C=CC2(C)C(=C1)CCC1C2CCC23C[C@@]2(O)CCC13. The first-order valence-corrected chi connectivity index (χ1v) is 9.30. The molecule has 0 heterocycles. The van der Waals surface area contributed by atoms with E-state index in [-0.39, 0.29) is 11.0 Å². The van der Waals surface area contributed by atoms with Crippen molar-refractivity contribution in [3.63, 3.8) is 0 Å². The van der Waals surface area contributed by atoms with E-state index in [1.165, 1.54) is 37.7 Å². The Bertz CT molecular complexity index is 613. The number of rotatable bonds is 0. The summed E-state index contributed by atoms with van der Waals surface area (Å²) in [6.45, 7) is 12.6. The summed E-state index contributed by atoms with van der Waals surface area (Å²) >= 11 is 0. The Balaban J connectivity index is 0.000000652. The highest BCUT2D eigenvalue weighted by molar-refractivity contribution is 5.44. The van der Waals surface area contributed by atoms with Crippen LogP contribution in [0.3, 0.4) is 0 Å². The number of fused-ring (bicyclic) bond motifs is 4. The second kappa shape index (κ2) is 4.72. The quantitative estimate of drug-likeness (QED) is 0.610. The molecule has 4 saturated carbocycles. The van der Waals surface area contributed by atoms with E-state index in [4.69, 9.17) is 0 Å². The average Bonchev–Trinajstić information content (AvgIpc) is 3.02. The number of hydrogen-bond acceptors (Lipinski definition) is 1. The van der Waals surface area contributed by atoms with Crippen molar-refractivity contribution in [2.75, 3.05) is 0 Å². The molecule has 0 radical (unpaired) electrons. The zero-order chi connectivity index (χ0) is 16.5. The Morgan fingerprint density at radius 2 is 1.87 bits per heavy atom. The van der Waals surface area contributed by atoms with Crippen molar-refractivity contribution in [1.29, 1.82) is 0 Å². The van der Waals surface area contributed by atoms with Crippen molar-refractivity contribution in [3.05, 3.63) is 49.1 Å². The summed E-state index contributed by atoms with van der Waals surface area (Å²) < 4.78 is 0. The first-order valence-electron chi connectivity index (χ1n) is 9.30. The highest BCUT2D eigenvalue weighted by atomic mass is 16.3. The van der Waals surface area contributed by atoms with Gasteiger partial charge in [0.2, 0.25) is 0 Å². The molecule has 1 N–H and O–H groups in total. The molecule has 0 bridgehead atoms. The molecule has 0 aromatic rings. The second-order valence-corrected chi connectivity index (χ2v) is 8.72. The third-order valence-corrected chi connectivity index (χ3v) is 8.14. The second-order valence-electron chi connectivity index (χ2n) is 8.72. The van der Waals surface area contributed by atoms with Crippen LogP contribution in [0.2, 0.25) is 0 Å². The van der Waals surface area contributed by atoms with Crippen molar-refractivity contribution in [3.8, 4) is 0 Å². The summed E-state index contributed by atoms with van der Waals surface area (Å²) in [4.78, 5) is 0. The highest BCUT2D eigenvalue weighted by Gasteiger charge is 2.76. The topological polar surface area (TPSA) is 20.2 Å². The Hall–Kier alpha value is -1.08. The molecule has 6 atom stereocenters. The van der Waals surface area contributed by atoms with Crippen LogP contribution in [0.4, 0.5) is 0 Å². The minimum Gasteiger partial charge on any atom is -0.389 e. The van der Waals surface area contributed by atoms with Crippen LogP contribution in [0.25, 0.3) is 0 Å². The van der Waals surface area contributed by atoms with Gasteiger partial charge in [-0.25, -0.2) is 0 Å². The zero-order valence-corrected chi connectivity index (χ0v) is 14.5. The first kappa shape index (κ1) is 15.4. The van der Waals surface area contributed by atoms with Crippen LogP contribution in [0.1, 0.15) is 51.9 Å². The van der Waals surface area contributed by atoms with E-state index in [0.717, 1.165) is 30.6 Å². The van der Waals surface area contributed by atoms with Crippen LogP contribution < -0.4 is 0 Å². The van der Waals surface area contributed by atoms with Crippen LogP contribution in [0.5, 0.6) is 0 Å². The van der Waals surface area contributed by atoms with Crippen LogP contribution >= 0.6 is 0 Å². The Kier molecular flexibility index (Phi) is 3.17. The maximum absolute atomic E-state index is 10.7. The van der Waals surface area contributed by atoms with Crippen molar-refractivity contribution < 1.29 is 5.11 Å². The summed E-state index contributed by atoms with van der Waals surface area (Å²) in [5, 5.41) is 10.7. The fourth-order valence-electron chi connectivity index (χ4n) is 6.99. The molecule has 5 rings (SSSR count). The van der Waals surface area contributed by atoms with Gasteiger partial charge in [0.05, 0.1) is 5.60 Å². The van der Waals surface area contributed by atoms with Crippen LogP contribution in [-0.2, 0) is 0 Å². The standard InChI is InChI=1S/C20H26O.C2H4/c1-13-5-8-18(2)14(11-13)3-4-15-16(18)6-9-19-12-20(19,21)10-7-17(15)19;1-2/h5,8,11,15-17,21H,1,3-4,6-7,9-10,12H2,2H3;1-2H2/t15?,16?,17?,18?,19?,20-;/m0./s1. The molecule has 5 unspecified atom stereocenters. The van der Waals surface area contributed by atoms with Gasteiger partial charge in [-0.1, -0.05) is 37.3 Å². The molecule has 5 aliphatic carbocycles. The van der Waals surface area contributed by atoms with Crippen molar-refractivity contribution >= 4 is 0 Å².